The highest BCUT2D eigenvalue weighted by molar-refractivity contribution is 5.58. The molecule has 0 aliphatic heterocycles. The maximum absolute atomic E-state index is 11.2. The van der Waals surface area contributed by atoms with E-state index in [1.165, 1.54) is 31.9 Å². The van der Waals surface area contributed by atoms with Crippen molar-refractivity contribution in [1.29, 1.82) is 0 Å². The summed E-state index contributed by atoms with van der Waals surface area (Å²) in [5.74, 6) is 1.47. The second-order valence-electron chi connectivity index (χ2n) is 5.62. The van der Waals surface area contributed by atoms with Gasteiger partial charge in [-0.25, -0.2) is 4.98 Å². The standard InChI is InChI=1S/C14H23N5O2/c1-3-8-15-14-16-9-12(19(20)21)13(17-14)18(2)10-11-6-4-5-7-11/h9,11H,3-8,10H2,1-2H3,(H,15,16,17). The van der Waals surface area contributed by atoms with Crippen molar-refractivity contribution in [2.45, 2.75) is 39.0 Å². The predicted molar refractivity (Wildman–Crippen MR) is 82.7 cm³/mol. The van der Waals surface area contributed by atoms with Gasteiger partial charge in [0.15, 0.2) is 0 Å². The average molecular weight is 293 g/mol. The maximum atomic E-state index is 11.2. The van der Waals surface area contributed by atoms with Gasteiger partial charge in [-0.15, -0.1) is 0 Å². The summed E-state index contributed by atoms with van der Waals surface area (Å²) < 4.78 is 0. The van der Waals surface area contributed by atoms with Crippen LogP contribution in [0.5, 0.6) is 0 Å². The molecule has 1 fully saturated rings. The van der Waals surface area contributed by atoms with Crippen molar-refractivity contribution in [2.24, 2.45) is 5.92 Å². The SMILES string of the molecule is CCCNc1ncc([N+](=O)[O-])c(N(C)CC2CCCC2)n1. The van der Waals surface area contributed by atoms with Gasteiger partial charge in [-0.2, -0.15) is 4.98 Å². The zero-order valence-corrected chi connectivity index (χ0v) is 12.7. The van der Waals surface area contributed by atoms with Gasteiger partial charge < -0.3 is 10.2 Å². The van der Waals surface area contributed by atoms with Crippen LogP contribution in [0.4, 0.5) is 17.5 Å². The summed E-state index contributed by atoms with van der Waals surface area (Å²) in [5, 5.41) is 14.2. The van der Waals surface area contributed by atoms with Crippen LogP contribution in [0.15, 0.2) is 6.20 Å². The molecule has 0 atom stereocenters. The van der Waals surface area contributed by atoms with Gasteiger partial charge in [-0.3, -0.25) is 10.1 Å². The molecule has 116 valence electrons. The highest BCUT2D eigenvalue weighted by atomic mass is 16.6. The lowest BCUT2D eigenvalue weighted by molar-refractivity contribution is -0.384. The Morgan fingerprint density at radius 3 is 2.81 bits per heavy atom. The summed E-state index contributed by atoms with van der Waals surface area (Å²) in [7, 11) is 1.87. The van der Waals surface area contributed by atoms with Crippen LogP contribution >= 0.6 is 0 Å². The Bertz CT molecular complexity index is 488. The second kappa shape index (κ2) is 7.19. The normalized spacial score (nSPS) is 15.1. The Hall–Kier alpha value is -1.92. The number of nitro groups is 1. The van der Waals surface area contributed by atoms with Crippen molar-refractivity contribution >= 4 is 17.5 Å². The molecule has 0 saturated heterocycles. The van der Waals surface area contributed by atoms with Crippen LogP contribution in [-0.2, 0) is 0 Å². The number of nitrogens with zero attached hydrogens (tertiary/aromatic N) is 4. The fourth-order valence-electron chi connectivity index (χ4n) is 2.76. The number of nitrogens with one attached hydrogen (secondary N) is 1. The third-order valence-corrected chi connectivity index (χ3v) is 3.85. The van der Waals surface area contributed by atoms with E-state index in [0.29, 0.717) is 17.7 Å². The van der Waals surface area contributed by atoms with E-state index in [9.17, 15) is 10.1 Å². The van der Waals surface area contributed by atoms with Crippen molar-refractivity contribution in [3.63, 3.8) is 0 Å². The van der Waals surface area contributed by atoms with Gasteiger partial charge in [-0.05, 0) is 25.2 Å². The lowest BCUT2D eigenvalue weighted by Crippen LogP contribution is -2.26. The van der Waals surface area contributed by atoms with E-state index in [1.54, 1.807) is 0 Å². The number of hydrogen-bond donors (Lipinski definition) is 1. The minimum absolute atomic E-state index is 0.0301. The molecule has 0 bridgehead atoms. The first-order valence-electron chi connectivity index (χ1n) is 7.58. The topological polar surface area (TPSA) is 84.2 Å². The van der Waals surface area contributed by atoms with Crippen LogP contribution in [0.3, 0.4) is 0 Å². The van der Waals surface area contributed by atoms with Gasteiger partial charge in [0.1, 0.15) is 6.20 Å². The first-order valence-corrected chi connectivity index (χ1v) is 7.58. The first-order chi connectivity index (χ1) is 10.1. The van der Waals surface area contributed by atoms with E-state index in [0.717, 1.165) is 19.5 Å². The molecule has 1 aliphatic rings. The number of hydrogen-bond acceptors (Lipinski definition) is 6. The molecule has 1 aliphatic carbocycles. The molecular formula is C14H23N5O2. The van der Waals surface area contributed by atoms with E-state index in [-0.39, 0.29) is 5.69 Å². The molecular weight excluding hydrogens is 270 g/mol. The quantitative estimate of drug-likeness (QED) is 0.614. The third kappa shape index (κ3) is 4.03. The molecule has 0 unspecified atom stereocenters. The predicted octanol–water partition coefficient (Wildman–Crippen LogP) is 2.83. The van der Waals surface area contributed by atoms with Crippen LogP contribution < -0.4 is 10.2 Å². The van der Waals surface area contributed by atoms with Crippen LogP contribution in [0, 0.1) is 16.0 Å². The van der Waals surface area contributed by atoms with Crippen molar-refractivity contribution in [3.8, 4) is 0 Å². The van der Waals surface area contributed by atoms with Gasteiger partial charge in [0.2, 0.25) is 11.8 Å². The monoisotopic (exact) mass is 293 g/mol. The fraction of sp³-hybridized carbons (Fsp3) is 0.714. The van der Waals surface area contributed by atoms with Gasteiger partial charge >= 0.3 is 5.69 Å². The van der Waals surface area contributed by atoms with Gasteiger partial charge in [-0.1, -0.05) is 19.8 Å². The smallest absolute Gasteiger partial charge is 0.329 e. The van der Waals surface area contributed by atoms with E-state index in [1.807, 2.05) is 18.9 Å². The van der Waals surface area contributed by atoms with Crippen LogP contribution in [0.1, 0.15) is 39.0 Å². The van der Waals surface area contributed by atoms with E-state index in [4.69, 9.17) is 0 Å². The Balaban J connectivity index is 2.17. The van der Waals surface area contributed by atoms with E-state index < -0.39 is 4.92 Å². The summed E-state index contributed by atoms with van der Waals surface area (Å²) in [4.78, 5) is 21.0. The molecule has 7 nitrogen and oxygen atoms in total. The highest BCUT2D eigenvalue weighted by Crippen LogP contribution is 2.30. The minimum Gasteiger partial charge on any atom is -0.354 e. The first kappa shape index (κ1) is 15.5. The Kier molecular flexibility index (Phi) is 5.30. The Morgan fingerprint density at radius 2 is 2.19 bits per heavy atom. The number of anilines is 2. The van der Waals surface area contributed by atoms with E-state index >= 15 is 0 Å². The largest absolute Gasteiger partial charge is 0.354 e. The van der Waals surface area contributed by atoms with Gasteiger partial charge in [0, 0.05) is 20.1 Å². The van der Waals surface area contributed by atoms with Gasteiger partial charge in [0.25, 0.3) is 0 Å². The van der Waals surface area contributed by atoms with Crippen LogP contribution in [0.25, 0.3) is 0 Å². The minimum atomic E-state index is -0.413. The molecule has 1 aromatic heterocycles. The molecule has 0 aromatic carbocycles. The molecule has 1 saturated carbocycles. The molecule has 21 heavy (non-hydrogen) atoms. The molecule has 1 aromatic rings. The zero-order valence-electron chi connectivity index (χ0n) is 12.7. The van der Waals surface area contributed by atoms with Crippen LogP contribution in [-0.4, -0.2) is 35.0 Å². The van der Waals surface area contributed by atoms with Gasteiger partial charge in [0.05, 0.1) is 4.92 Å². The highest BCUT2D eigenvalue weighted by Gasteiger charge is 2.24. The second-order valence-corrected chi connectivity index (χ2v) is 5.62. The lowest BCUT2D eigenvalue weighted by Gasteiger charge is -2.22. The summed E-state index contributed by atoms with van der Waals surface area (Å²) >= 11 is 0. The molecule has 0 amide bonds. The fourth-order valence-corrected chi connectivity index (χ4v) is 2.76. The zero-order chi connectivity index (χ0) is 15.2. The molecule has 7 heteroatoms. The van der Waals surface area contributed by atoms with Crippen molar-refractivity contribution in [1.82, 2.24) is 9.97 Å². The van der Waals surface area contributed by atoms with Crippen LogP contribution in [0.2, 0.25) is 0 Å². The molecule has 2 rings (SSSR count). The van der Waals surface area contributed by atoms with E-state index in [2.05, 4.69) is 15.3 Å². The Labute approximate surface area is 124 Å². The number of rotatable bonds is 7. The molecule has 1 heterocycles. The van der Waals surface area contributed by atoms with Crippen molar-refractivity contribution < 1.29 is 4.92 Å². The summed E-state index contributed by atoms with van der Waals surface area (Å²) in [6, 6.07) is 0. The molecule has 1 N–H and O–H groups in total. The average Bonchev–Trinajstić information content (AvgIpc) is 2.97. The number of aromatic nitrogens is 2. The van der Waals surface area contributed by atoms with Crippen molar-refractivity contribution in [2.75, 3.05) is 30.4 Å². The molecule has 0 spiro atoms. The summed E-state index contributed by atoms with van der Waals surface area (Å²) in [6.45, 7) is 3.61. The summed E-state index contributed by atoms with van der Waals surface area (Å²) in [5.41, 5.74) is -0.0301. The van der Waals surface area contributed by atoms with Crippen molar-refractivity contribution in [3.05, 3.63) is 16.3 Å². The lowest BCUT2D eigenvalue weighted by atomic mass is 10.1. The maximum Gasteiger partial charge on any atom is 0.329 e. The molecule has 0 radical (unpaired) electrons. The summed E-state index contributed by atoms with van der Waals surface area (Å²) in [6.07, 6.45) is 7.16. The third-order valence-electron chi connectivity index (χ3n) is 3.85. The Morgan fingerprint density at radius 1 is 1.48 bits per heavy atom.